The van der Waals surface area contributed by atoms with Gasteiger partial charge < -0.3 is 5.32 Å². The average molecular weight is 271 g/mol. The molecule has 1 N–H and O–H groups in total. The first-order valence-electron chi connectivity index (χ1n) is 6.18. The fraction of sp³-hybridized carbons (Fsp3) is 0.538. The highest BCUT2D eigenvalue weighted by atomic mass is 32.2. The van der Waals surface area contributed by atoms with Crippen molar-refractivity contribution in [3.8, 4) is 0 Å². The van der Waals surface area contributed by atoms with Gasteiger partial charge in [0.2, 0.25) is 0 Å². The average Bonchev–Trinajstić information content (AvgIpc) is 2.32. The largest absolute Gasteiger partial charge is 0.307 e. The number of hydrogen-bond donors (Lipinski definition) is 1. The quantitative estimate of drug-likeness (QED) is 0.915. The van der Waals surface area contributed by atoms with Gasteiger partial charge in [-0.3, -0.25) is 0 Å². The summed E-state index contributed by atoms with van der Waals surface area (Å²) in [5.41, 5.74) is 0.892. The van der Waals surface area contributed by atoms with Gasteiger partial charge in [-0.25, -0.2) is 12.8 Å². The Kier molecular flexibility index (Phi) is 4.02. The number of hydrogen-bond acceptors (Lipinski definition) is 3. The molecule has 0 spiro atoms. The highest BCUT2D eigenvalue weighted by Gasteiger charge is 2.24. The van der Waals surface area contributed by atoms with Crippen LogP contribution in [0.15, 0.2) is 24.3 Å². The van der Waals surface area contributed by atoms with Gasteiger partial charge in [0.05, 0.1) is 11.5 Å². The van der Waals surface area contributed by atoms with Crippen LogP contribution < -0.4 is 5.32 Å². The molecule has 3 nitrogen and oxygen atoms in total. The highest BCUT2D eigenvalue weighted by Crippen LogP contribution is 2.18. The first-order valence-corrected chi connectivity index (χ1v) is 8.00. The lowest BCUT2D eigenvalue weighted by Crippen LogP contribution is -2.38. The molecule has 1 saturated heterocycles. The molecule has 18 heavy (non-hydrogen) atoms. The zero-order valence-electron chi connectivity index (χ0n) is 10.4. The summed E-state index contributed by atoms with van der Waals surface area (Å²) in [5.74, 6) is 0.258. The lowest BCUT2D eigenvalue weighted by atomic mass is 10.1. The summed E-state index contributed by atoms with van der Waals surface area (Å²) in [7, 11) is -2.82. The predicted octanol–water partition coefficient (Wildman–Crippen LogP) is 2.05. The van der Waals surface area contributed by atoms with Gasteiger partial charge in [0.1, 0.15) is 15.7 Å². The van der Waals surface area contributed by atoms with E-state index in [-0.39, 0.29) is 29.4 Å². The summed E-state index contributed by atoms with van der Waals surface area (Å²) in [6, 6.07) is 6.73. The van der Waals surface area contributed by atoms with E-state index in [1.807, 2.05) is 13.0 Å². The molecule has 1 aliphatic rings. The van der Waals surface area contributed by atoms with Crippen LogP contribution in [-0.4, -0.2) is 26.0 Å². The van der Waals surface area contributed by atoms with E-state index in [0.717, 1.165) is 5.56 Å². The predicted molar refractivity (Wildman–Crippen MR) is 69.6 cm³/mol. The zero-order valence-corrected chi connectivity index (χ0v) is 11.2. The number of sulfone groups is 1. The number of benzene rings is 1. The van der Waals surface area contributed by atoms with Crippen LogP contribution in [0, 0.1) is 5.82 Å². The first kappa shape index (κ1) is 13.5. The van der Waals surface area contributed by atoms with Crippen molar-refractivity contribution in [2.75, 3.05) is 11.5 Å². The van der Waals surface area contributed by atoms with Crippen molar-refractivity contribution in [2.45, 2.75) is 31.8 Å². The van der Waals surface area contributed by atoms with Crippen LogP contribution in [0.5, 0.6) is 0 Å². The van der Waals surface area contributed by atoms with Crippen LogP contribution >= 0.6 is 0 Å². The van der Waals surface area contributed by atoms with E-state index in [2.05, 4.69) is 5.32 Å². The molecule has 100 valence electrons. The normalized spacial score (nSPS) is 21.7. The monoisotopic (exact) mass is 271 g/mol. The van der Waals surface area contributed by atoms with Crippen molar-refractivity contribution in [2.24, 2.45) is 0 Å². The molecule has 1 fully saturated rings. The third-order valence-corrected chi connectivity index (χ3v) is 5.10. The van der Waals surface area contributed by atoms with Gasteiger partial charge in [-0.1, -0.05) is 12.1 Å². The number of halogens is 1. The van der Waals surface area contributed by atoms with Crippen molar-refractivity contribution in [1.29, 1.82) is 0 Å². The van der Waals surface area contributed by atoms with Gasteiger partial charge >= 0.3 is 0 Å². The Morgan fingerprint density at radius 3 is 2.61 bits per heavy atom. The molecule has 0 radical (unpaired) electrons. The number of nitrogens with one attached hydrogen (secondary N) is 1. The zero-order chi connectivity index (χ0) is 13.2. The van der Waals surface area contributed by atoms with Gasteiger partial charge in [-0.2, -0.15) is 0 Å². The summed E-state index contributed by atoms with van der Waals surface area (Å²) >= 11 is 0. The molecule has 1 heterocycles. The molecule has 0 unspecified atom stereocenters. The van der Waals surface area contributed by atoms with Crippen LogP contribution in [0.25, 0.3) is 0 Å². The summed E-state index contributed by atoms with van der Waals surface area (Å²) in [4.78, 5) is 0. The fourth-order valence-electron chi connectivity index (χ4n) is 2.28. The maximum Gasteiger partial charge on any atom is 0.150 e. The van der Waals surface area contributed by atoms with Crippen LogP contribution in [0.1, 0.15) is 31.4 Å². The van der Waals surface area contributed by atoms with Gasteiger partial charge in [0.15, 0.2) is 0 Å². The molecule has 0 amide bonds. The Labute approximate surface area is 107 Å². The minimum atomic E-state index is -2.82. The van der Waals surface area contributed by atoms with Crippen molar-refractivity contribution in [3.05, 3.63) is 35.6 Å². The standard InChI is InChI=1S/C13H18FNO2S/c1-10(11-3-2-4-12(14)9-11)15-13-5-7-18(16,17)8-6-13/h2-4,9-10,13,15H,5-8H2,1H3/t10-/m1/s1. The van der Waals surface area contributed by atoms with E-state index < -0.39 is 9.84 Å². The minimum absolute atomic E-state index is 0.0338. The Morgan fingerprint density at radius 2 is 2.00 bits per heavy atom. The first-order chi connectivity index (χ1) is 8.46. The number of rotatable bonds is 3. The summed E-state index contributed by atoms with van der Waals surface area (Å²) < 4.78 is 35.7. The van der Waals surface area contributed by atoms with Gasteiger partial charge in [0, 0.05) is 12.1 Å². The third-order valence-electron chi connectivity index (χ3n) is 3.39. The molecule has 0 aliphatic carbocycles. The van der Waals surface area contributed by atoms with Gasteiger partial charge in [0.25, 0.3) is 0 Å². The van der Waals surface area contributed by atoms with E-state index in [4.69, 9.17) is 0 Å². The summed E-state index contributed by atoms with van der Waals surface area (Å²) in [5, 5.41) is 3.37. The van der Waals surface area contributed by atoms with E-state index >= 15 is 0 Å². The van der Waals surface area contributed by atoms with Gasteiger partial charge in [-0.15, -0.1) is 0 Å². The lowest BCUT2D eigenvalue weighted by molar-refractivity contribution is 0.419. The van der Waals surface area contributed by atoms with Crippen LogP contribution in [-0.2, 0) is 9.84 Å². The topological polar surface area (TPSA) is 46.2 Å². The van der Waals surface area contributed by atoms with Gasteiger partial charge in [-0.05, 0) is 37.5 Å². The summed E-state index contributed by atoms with van der Waals surface area (Å²) in [6.07, 6.45) is 1.28. The van der Waals surface area contributed by atoms with Crippen LogP contribution in [0.2, 0.25) is 0 Å². The smallest absolute Gasteiger partial charge is 0.150 e. The molecule has 1 aliphatic heterocycles. The van der Waals surface area contributed by atoms with Crippen molar-refractivity contribution in [1.82, 2.24) is 5.32 Å². The van der Waals surface area contributed by atoms with Crippen molar-refractivity contribution in [3.63, 3.8) is 0 Å². The fourth-order valence-corrected chi connectivity index (χ4v) is 3.77. The second kappa shape index (κ2) is 5.36. The van der Waals surface area contributed by atoms with E-state index in [9.17, 15) is 12.8 Å². The maximum absolute atomic E-state index is 13.1. The second-order valence-corrected chi connectivity index (χ2v) is 7.17. The molecule has 0 aromatic heterocycles. The molecular weight excluding hydrogens is 253 g/mol. The Bertz CT molecular complexity index is 501. The van der Waals surface area contributed by atoms with Crippen molar-refractivity contribution < 1.29 is 12.8 Å². The molecule has 1 aromatic carbocycles. The van der Waals surface area contributed by atoms with Crippen molar-refractivity contribution >= 4 is 9.84 Å². The molecule has 0 saturated carbocycles. The Hall–Kier alpha value is -0.940. The minimum Gasteiger partial charge on any atom is -0.307 e. The molecule has 2 rings (SSSR count). The summed E-state index contributed by atoms with van der Waals surface area (Å²) in [6.45, 7) is 1.97. The van der Waals surface area contributed by atoms with E-state index in [0.29, 0.717) is 12.8 Å². The molecule has 0 bridgehead atoms. The highest BCUT2D eigenvalue weighted by molar-refractivity contribution is 7.91. The Morgan fingerprint density at radius 1 is 1.33 bits per heavy atom. The van der Waals surface area contributed by atoms with E-state index in [1.54, 1.807) is 6.07 Å². The van der Waals surface area contributed by atoms with E-state index in [1.165, 1.54) is 12.1 Å². The maximum atomic E-state index is 13.1. The molecular formula is C13H18FNO2S. The molecule has 5 heteroatoms. The molecule has 1 atom stereocenters. The third kappa shape index (κ3) is 3.53. The SMILES string of the molecule is C[C@@H](NC1CCS(=O)(=O)CC1)c1cccc(F)c1. The lowest BCUT2D eigenvalue weighted by Gasteiger charge is -2.26. The molecule has 1 aromatic rings. The van der Waals surface area contributed by atoms with Crippen LogP contribution in [0.4, 0.5) is 4.39 Å². The second-order valence-electron chi connectivity index (χ2n) is 4.87. The van der Waals surface area contributed by atoms with Crippen LogP contribution in [0.3, 0.4) is 0 Å². The Balaban J connectivity index is 1.94.